The Morgan fingerprint density at radius 2 is 1.80 bits per heavy atom. The lowest BCUT2D eigenvalue weighted by Gasteiger charge is -2.22. The molecule has 0 spiro atoms. The normalized spacial score (nSPS) is 19.0. The van der Waals surface area contributed by atoms with E-state index < -0.39 is 6.04 Å². The third-order valence-electron chi connectivity index (χ3n) is 5.59. The molecule has 1 aliphatic heterocycles. The van der Waals surface area contributed by atoms with Gasteiger partial charge in [0, 0.05) is 24.5 Å². The molecule has 2 atom stereocenters. The second-order valence-corrected chi connectivity index (χ2v) is 7.54. The van der Waals surface area contributed by atoms with E-state index in [4.69, 9.17) is 4.74 Å². The number of nitrogens with one attached hydrogen (secondary N) is 1. The van der Waals surface area contributed by atoms with Crippen molar-refractivity contribution in [3.63, 3.8) is 0 Å². The van der Waals surface area contributed by atoms with Crippen LogP contribution in [0.15, 0.2) is 66.7 Å². The van der Waals surface area contributed by atoms with Crippen LogP contribution in [0.3, 0.4) is 0 Å². The topological polar surface area (TPSA) is 78.9 Å². The Kier molecular flexibility index (Phi) is 5.68. The summed E-state index contributed by atoms with van der Waals surface area (Å²) < 4.78 is 4.97. The molecule has 1 saturated heterocycles. The minimum Gasteiger partial charge on any atom is -0.506 e. The van der Waals surface area contributed by atoms with Gasteiger partial charge in [0.25, 0.3) is 5.91 Å². The molecule has 2 N–H and O–H groups in total. The zero-order valence-corrected chi connectivity index (χ0v) is 16.7. The van der Waals surface area contributed by atoms with Gasteiger partial charge in [0.1, 0.15) is 11.8 Å². The smallest absolute Gasteiger partial charge is 0.323 e. The zero-order chi connectivity index (χ0) is 21.1. The van der Waals surface area contributed by atoms with Crippen molar-refractivity contribution in [1.82, 2.24) is 10.2 Å². The van der Waals surface area contributed by atoms with Gasteiger partial charge >= 0.3 is 5.97 Å². The molecule has 1 fully saturated rings. The number of hydrogen-bond acceptors (Lipinski definition) is 5. The molecule has 4 rings (SSSR count). The molecule has 0 bridgehead atoms. The van der Waals surface area contributed by atoms with Crippen molar-refractivity contribution in [2.75, 3.05) is 13.7 Å². The molecular weight excluding hydrogens is 380 g/mol. The first-order valence-corrected chi connectivity index (χ1v) is 9.94. The van der Waals surface area contributed by atoms with Gasteiger partial charge in [-0.2, -0.15) is 0 Å². The summed E-state index contributed by atoms with van der Waals surface area (Å²) in [5.41, 5.74) is 1.32. The van der Waals surface area contributed by atoms with Crippen molar-refractivity contribution in [2.45, 2.75) is 25.0 Å². The molecule has 0 saturated carbocycles. The average molecular weight is 404 g/mol. The Bertz CT molecular complexity index is 1070. The van der Waals surface area contributed by atoms with Gasteiger partial charge in [0.05, 0.1) is 12.7 Å². The van der Waals surface area contributed by atoms with E-state index in [-0.39, 0.29) is 29.2 Å². The summed E-state index contributed by atoms with van der Waals surface area (Å²) in [5, 5.41) is 15.1. The number of carbonyl (C=O) groups is 2. The van der Waals surface area contributed by atoms with Gasteiger partial charge in [0.2, 0.25) is 0 Å². The van der Waals surface area contributed by atoms with E-state index in [1.807, 2.05) is 59.5 Å². The van der Waals surface area contributed by atoms with E-state index in [9.17, 15) is 14.7 Å². The number of esters is 1. The van der Waals surface area contributed by atoms with E-state index in [1.54, 1.807) is 12.1 Å². The first-order valence-electron chi connectivity index (χ1n) is 9.94. The number of carbonyl (C=O) groups excluding carboxylic acids is 2. The zero-order valence-electron chi connectivity index (χ0n) is 16.7. The first kappa shape index (κ1) is 19.9. The number of rotatable bonds is 5. The number of aromatic hydroxyl groups is 1. The van der Waals surface area contributed by atoms with Gasteiger partial charge in [-0.05, 0) is 23.4 Å². The molecule has 1 aliphatic rings. The highest BCUT2D eigenvalue weighted by molar-refractivity contribution is 6.03. The monoisotopic (exact) mass is 404 g/mol. The first-order chi connectivity index (χ1) is 14.6. The van der Waals surface area contributed by atoms with Crippen molar-refractivity contribution >= 4 is 22.6 Å². The Morgan fingerprint density at radius 1 is 1.07 bits per heavy atom. The lowest BCUT2D eigenvalue weighted by Crippen LogP contribution is -2.37. The third kappa shape index (κ3) is 4.00. The number of hydrogen-bond donors (Lipinski definition) is 2. The number of fused-ring (bicyclic) bond motifs is 1. The highest BCUT2D eigenvalue weighted by atomic mass is 16.5. The fourth-order valence-electron chi connectivity index (χ4n) is 4.08. The fraction of sp³-hybridized carbons (Fsp3) is 0.250. The van der Waals surface area contributed by atoms with Crippen molar-refractivity contribution in [3.05, 3.63) is 77.9 Å². The number of amides is 1. The Morgan fingerprint density at radius 3 is 2.57 bits per heavy atom. The summed E-state index contributed by atoms with van der Waals surface area (Å²) >= 11 is 0. The van der Waals surface area contributed by atoms with Crippen molar-refractivity contribution in [1.29, 1.82) is 0 Å². The van der Waals surface area contributed by atoms with Crippen LogP contribution >= 0.6 is 0 Å². The van der Waals surface area contributed by atoms with Crippen LogP contribution in [-0.2, 0) is 16.1 Å². The number of methoxy groups -OCH3 is 1. The number of nitrogens with zero attached hydrogens (tertiary/aromatic N) is 1. The van der Waals surface area contributed by atoms with Gasteiger partial charge < -0.3 is 15.2 Å². The number of phenolic OH excluding ortho intramolecular Hbond substituents is 1. The maximum atomic E-state index is 12.9. The number of ether oxygens (including phenoxy) is 1. The molecule has 0 aromatic heterocycles. The van der Waals surface area contributed by atoms with Crippen LogP contribution in [0.1, 0.15) is 22.3 Å². The summed E-state index contributed by atoms with van der Waals surface area (Å²) in [6.45, 7) is 1.11. The fourth-order valence-corrected chi connectivity index (χ4v) is 4.08. The maximum Gasteiger partial charge on any atom is 0.323 e. The van der Waals surface area contributed by atoms with Crippen molar-refractivity contribution in [3.8, 4) is 5.75 Å². The van der Waals surface area contributed by atoms with Crippen LogP contribution in [0.25, 0.3) is 10.8 Å². The van der Waals surface area contributed by atoms with Crippen LogP contribution < -0.4 is 5.32 Å². The summed E-state index contributed by atoms with van der Waals surface area (Å²) in [6.07, 6.45) is 0.458. The Hall–Kier alpha value is -3.38. The molecule has 0 radical (unpaired) electrons. The molecule has 1 unspecified atom stereocenters. The second-order valence-electron chi connectivity index (χ2n) is 7.54. The number of benzene rings is 3. The molecule has 1 heterocycles. The molecule has 30 heavy (non-hydrogen) atoms. The highest BCUT2D eigenvalue weighted by Crippen LogP contribution is 2.29. The molecular formula is C24H24N2O4. The van der Waals surface area contributed by atoms with Gasteiger partial charge in [0.15, 0.2) is 0 Å². The molecule has 154 valence electrons. The van der Waals surface area contributed by atoms with Gasteiger partial charge in [-0.15, -0.1) is 0 Å². The quantitative estimate of drug-likeness (QED) is 0.639. The number of phenols is 1. The van der Waals surface area contributed by atoms with Crippen molar-refractivity contribution in [2.24, 2.45) is 0 Å². The largest absolute Gasteiger partial charge is 0.506 e. The van der Waals surface area contributed by atoms with Crippen LogP contribution in [-0.4, -0.2) is 47.6 Å². The lowest BCUT2D eigenvalue weighted by atomic mass is 10.0. The molecule has 6 heteroatoms. The van der Waals surface area contributed by atoms with Crippen LogP contribution in [0.2, 0.25) is 0 Å². The van der Waals surface area contributed by atoms with E-state index in [0.717, 1.165) is 10.9 Å². The molecule has 6 nitrogen and oxygen atoms in total. The standard InChI is InChI=1S/C24H24N2O4/c1-30-24(29)21-13-18(15-26(21)14-16-7-3-2-4-8-16)25-23(28)20-12-11-17-9-5-6-10-19(17)22(20)27/h2-12,18,21,27H,13-15H2,1H3,(H,25,28)/t18-,21?/m0/s1. The summed E-state index contributed by atoms with van der Waals surface area (Å²) in [7, 11) is 1.38. The Labute approximate surface area is 175 Å². The van der Waals surface area contributed by atoms with Gasteiger partial charge in [-0.25, -0.2) is 0 Å². The van der Waals surface area contributed by atoms with Crippen LogP contribution in [0.5, 0.6) is 5.75 Å². The maximum absolute atomic E-state index is 12.9. The van der Waals surface area contributed by atoms with E-state index >= 15 is 0 Å². The molecule has 0 aliphatic carbocycles. The minimum atomic E-state index is -0.425. The predicted octanol–water partition coefficient (Wildman–Crippen LogP) is 3.09. The number of likely N-dealkylation sites (tertiary alicyclic amines) is 1. The Balaban J connectivity index is 1.51. The summed E-state index contributed by atoms with van der Waals surface area (Å²) in [5.74, 6) is -0.695. The summed E-state index contributed by atoms with van der Waals surface area (Å²) in [4.78, 5) is 27.2. The second kappa shape index (κ2) is 8.55. The van der Waals surface area contributed by atoms with Crippen molar-refractivity contribution < 1.29 is 19.4 Å². The van der Waals surface area contributed by atoms with Crippen LogP contribution in [0.4, 0.5) is 0 Å². The molecule has 3 aromatic carbocycles. The SMILES string of the molecule is COC(=O)C1C[C@H](NC(=O)c2ccc3ccccc3c2O)CN1Cc1ccccc1. The van der Waals surface area contributed by atoms with Crippen LogP contribution in [0, 0.1) is 0 Å². The highest BCUT2D eigenvalue weighted by Gasteiger charge is 2.38. The van der Waals surface area contributed by atoms with E-state index in [1.165, 1.54) is 7.11 Å². The predicted molar refractivity (Wildman–Crippen MR) is 114 cm³/mol. The minimum absolute atomic E-state index is 0.0331. The third-order valence-corrected chi connectivity index (χ3v) is 5.59. The average Bonchev–Trinajstić information content (AvgIpc) is 3.16. The van der Waals surface area contributed by atoms with E-state index in [2.05, 4.69) is 5.32 Å². The summed E-state index contributed by atoms with van der Waals surface area (Å²) in [6, 6.07) is 20.0. The molecule has 1 amide bonds. The lowest BCUT2D eigenvalue weighted by molar-refractivity contribution is -0.146. The van der Waals surface area contributed by atoms with Gasteiger partial charge in [-0.1, -0.05) is 60.7 Å². The molecule has 3 aromatic rings. The van der Waals surface area contributed by atoms with E-state index in [0.29, 0.717) is 24.9 Å². The van der Waals surface area contributed by atoms with Gasteiger partial charge in [-0.3, -0.25) is 14.5 Å².